The second kappa shape index (κ2) is 8.04. The molecule has 1 saturated heterocycles. The average molecular weight is 227 g/mol. The van der Waals surface area contributed by atoms with E-state index in [4.69, 9.17) is 0 Å². The lowest BCUT2D eigenvalue weighted by Crippen LogP contribution is -2.50. The third-order valence-corrected chi connectivity index (χ3v) is 3.56. The highest BCUT2D eigenvalue weighted by Crippen LogP contribution is 2.04. The third-order valence-electron chi connectivity index (χ3n) is 3.56. The van der Waals surface area contributed by atoms with Gasteiger partial charge in [0.25, 0.3) is 0 Å². The molecule has 1 N–H and O–H groups in total. The summed E-state index contributed by atoms with van der Waals surface area (Å²) in [5.74, 6) is 0. The minimum absolute atomic E-state index is 0.690. The lowest BCUT2D eigenvalue weighted by atomic mass is 10.2. The highest BCUT2D eigenvalue weighted by atomic mass is 15.3. The molecule has 1 fully saturated rings. The molecular formula is C13H29N3. The van der Waals surface area contributed by atoms with Crippen LogP contribution >= 0.6 is 0 Å². The average Bonchev–Trinajstić information content (AvgIpc) is 2.29. The number of rotatable bonds is 7. The molecule has 0 aromatic heterocycles. The Morgan fingerprint density at radius 3 is 2.44 bits per heavy atom. The highest BCUT2D eigenvalue weighted by molar-refractivity contribution is 4.75. The zero-order chi connectivity index (χ0) is 11.8. The van der Waals surface area contributed by atoms with E-state index in [1.165, 1.54) is 52.0 Å². The van der Waals surface area contributed by atoms with Crippen LogP contribution in [0.5, 0.6) is 0 Å². The van der Waals surface area contributed by atoms with Crippen molar-refractivity contribution in [1.29, 1.82) is 0 Å². The SMILES string of the molecule is CCCCCNCC(C)N1CCN(C)CC1. The quantitative estimate of drug-likeness (QED) is 0.663. The maximum atomic E-state index is 3.57. The van der Waals surface area contributed by atoms with Crippen LogP contribution in [0, 0.1) is 0 Å². The molecule has 0 spiro atoms. The minimum atomic E-state index is 0.690. The van der Waals surface area contributed by atoms with Gasteiger partial charge >= 0.3 is 0 Å². The zero-order valence-corrected chi connectivity index (χ0v) is 11.3. The Kier molecular flexibility index (Phi) is 7.01. The van der Waals surface area contributed by atoms with Crippen molar-refractivity contribution in [1.82, 2.24) is 15.1 Å². The van der Waals surface area contributed by atoms with Crippen LogP contribution in [-0.2, 0) is 0 Å². The van der Waals surface area contributed by atoms with Gasteiger partial charge in [0.15, 0.2) is 0 Å². The molecule has 1 atom stereocenters. The third kappa shape index (κ3) is 5.28. The Morgan fingerprint density at radius 1 is 1.12 bits per heavy atom. The molecule has 3 nitrogen and oxygen atoms in total. The predicted octanol–water partition coefficient (Wildman–Crippen LogP) is 1.40. The van der Waals surface area contributed by atoms with Gasteiger partial charge in [-0.25, -0.2) is 0 Å². The minimum Gasteiger partial charge on any atom is -0.315 e. The first-order valence-corrected chi connectivity index (χ1v) is 6.87. The first-order chi connectivity index (χ1) is 7.74. The van der Waals surface area contributed by atoms with Gasteiger partial charge in [0.2, 0.25) is 0 Å². The Morgan fingerprint density at radius 2 is 1.81 bits per heavy atom. The Hall–Kier alpha value is -0.120. The van der Waals surface area contributed by atoms with Gasteiger partial charge in [-0.2, -0.15) is 0 Å². The van der Waals surface area contributed by atoms with Crippen LogP contribution in [0.3, 0.4) is 0 Å². The molecule has 0 aromatic rings. The van der Waals surface area contributed by atoms with Gasteiger partial charge in [-0.1, -0.05) is 19.8 Å². The van der Waals surface area contributed by atoms with E-state index in [0.29, 0.717) is 6.04 Å². The first kappa shape index (κ1) is 13.9. The summed E-state index contributed by atoms with van der Waals surface area (Å²) in [6.45, 7) is 11.8. The number of hydrogen-bond donors (Lipinski definition) is 1. The van der Waals surface area contributed by atoms with Gasteiger partial charge in [0, 0.05) is 38.8 Å². The summed E-state index contributed by atoms with van der Waals surface area (Å²) in [6, 6.07) is 0.690. The maximum absolute atomic E-state index is 3.57. The molecule has 1 aliphatic rings. The maximum Gasteiger partial charge on any atom is 0.0193 e. The summed E-state index contributed by atoms with van der Waals surface area (Å²) in [7, 11) is 2.21. The smallest absolute Gasteiger partial charge is 0.0193 e. The molecule has 3 heteroatoms. The van der Waals surface area contributed by atoms with Crippen LogP contribution in [0.1, 0.15) is 33.1 Å². The van der Waals surface area contributed by atoms with E-state index in [9.17, 15) is 0 Å². The van der Waals surface area contributed by atoms with Gasteiger partial charge in [-0.05, 0) is 26.9 Å². The molecule has 0 bridgehead atoms. The van der Waals surface area contributed by atoms with Crippen LogP contribution in [0.4, 0.5) is 0 Å². The number of piperazine rings is 1. The molecule has 1 heterocycles. The van der Waals surface area contributed by atoms with E-state index >= 15 is 0 Å². The molecule has 1 rings (SSSR count). The predicted molar refractivity (Wildman–Crippen MR) is 70.9 cm³/mol. The van der Waals surface area contributed by atoms with Crippen LogP contribution < -0.4 is 5.32 Å². The molecule has 0 radical (unpaired) electrons. The van der Waals surface area contributed by atoms with Crippen LogP contribution in [0.2, 0.25) is 0 Å². The fourth-order valence-electron chi connectivity index (χ4n) is 2.20. The molecule has 0 amide bonds. The van der Waals surface area contributed by atoms with E-state index in [2.05, 4.69) is 36.0 Å². The standard InChI is InChI=1S/C13H29N3/c1-4-5-6-7-14-12-13(2)16-10-8-15(3)9-11-16/h13-14H,4-12H2,1-3H3. The molecule has 96 valence electrons. The number of unbranched alkanes of at least 4 members (excludes halogenated alkanes) is 2. The lowest BCUT2D eigenvalue weighted by Gasteiger charge is -2.36. The van der Waals surface area contributed by atoms with E-state index in [1.54, 1.807) is 0 Å². The molecular weight excluding hydrogens is 198 g/mol. The van der Waals surface area contributed by atoms with Crippen LogP contribution in [0.25, 0.3) is 0 Å². The summed E-state index contributed by atoms with van der Waals surface area (Å²) in [4.78, 5) is 5.02. The van der Waals surface area contributed by atoms with Crippen molar-refractivity contribution in [2.75, 3.05) is 46.3 Å². The Bertz CT molecular complexity index is 165. The summed E-state index contributed by atoms with van der Waals surface area (Å²) in [5, 5.41) is 3.57. The van der Waals surface area contributed by atoms with Crippen LogP contribution in [-0.4, -0.2) is 62.2 Å². The van der Waals surface area contributed by atoms with E-state index in [1.807, 2.05) is 0 Å². The van der Waals surface area contributed by atoms with E-state index in [0.717, 1.165) is 6.54 Å². The summed E-state index contributed by atoms with van der Waals surface area (Å²) < 4.78 is 0. The number of likely N-dealkylation sites (N-methyl/N-ethyl adjacent to an activating group) is 1. The van der Waals surface area contributed by atoms with Gasteiger partial charge in [0.05, 0.1) is 0 Å². The van der Waals surface area contributed by atoms with Gasteiger partial charge < -0.3 is 10.2 Å². The fourth-order valence-corrected chi connectivity index (χ4v) is 2.20. The van der Waals surface area contributed by atoms with Crippen molar-refractivity contribution in [3.05, 3.63) is 0 Å². The van der Waals surface area contributed by atoms with E-state index < -0.39 is 0 Å². The Balaban J connectivity index is 2.03. The lowest BCUT2D eigenvalue weighted by molar-refractivity contribution is 0.118. The zero-order valence-electron chi connectivity index (χ0n) is 11.3. The second-order valence-electron chi connectivity index (χ2n) is 5.10. The molecule has 0 aromatic carbocycles. The fraction of sp³-hybridized carbons (Fsp3) is 1.00. The van der Waals surface area contributed by atoms with Crippen molar-refractivity contribution in [3.8, 4) is 0 Å². The molecule has 1 unspecified atom stereocenters. The van der Waals surface area contributed by atoms with Crippen LogP contribution in [0.15, 0.2) is 0 Å². The Labute approximate surface area is 101 Å². The molecule has 1 aliphatic heterocycles. The number of nitrogens with one attached hydrogen (secondary N) is 1. The van der Waals surface area contributed by atoms with Crippen molar-refractivity contribution in [3.63, 3.8) is 0 Å². The van der Waals surface area contributed by atoms with Gasteiger partial charge in [-0.15, -0.1) is 0 Å². The first-order valence-electron chi connectivity index (χ1n) is 6.87. The van der Waals surface area contributed by atoms with Crippen molar-refractivity contribution in [2.45, 2.75) is 39.2 Å². The van der Waals surface area contributed by atoms with Crippen molar-refractivity contribution >= 4 is 0 Å². The monoisotopic (exact) mass is 227 g/mol. The topological polar surface area (TPSA) is 18.5 Å². The number of hydrogen-bond acceptors (Lipinski definition) is 3. The largest absolute Gasteiger partial charge is 0.315 e. The summed E-state index contributed by atoms with van der Waals surface area (Å²) >= 11 is 0. The van der Waals surface area contributed by atoms with Gasteiger partial charge in [0.1, 0.15) is 0 Å². The number of nitrogens with zero attached hydrogens (tertiary/aromatic N) is 2. The second-order valence-corrected chi connectivity index (χ2v) is 5.10. The molecule has 0 saturated carbocycles. The molecule has 16 heavy (non-hydrogen) atoms. The van der Waals surface area contributed by atoms with Gasteiger partial charge in [-0.3, -0.25) is 4.90 Å². The highest BCUT2D eigenvalue weighted by Gasteiger charge is 2.18. The summed E-state index contributed by atoms with van der Waals surface area (Å²) in [5.41, 5.74) is 0. The normalized spacial score (nSPS) is 21.2. The van der Waals surface area contributed by atoms with Crippen molar-refractivity contribution < 1.29 is 0 Å². The molecule has 0 aliphatic carbocycles. The van der Waals surface area contributed by atoms with E-state index in [-0.39, 0.29) is 0 Å². The summed E-state index contributed by atoms with van der Waals surface area (Å²) in [6.07, 6.45) is 4.00. The van der Waals surface area contributed by atoms with Crippen molar-refractivity contribution in [2.24, 2.45) is 0 Å².